The molecule has 0 spiro atoms. The van der Waals surface area contributed by atoms with Gasteiger partial charge in [-0.1, -0.05) is 0 Å². The fourth-order valence-electron chi connectivity index (χ4n) is 2.44. The number of benzene rings is 1. The summed E-state index contributed by atoms with van der Waals surface area (Å²) in [7, 11) is 1.56. The van der Waals surface area contributed by atoms with Crippen LogP contribution in [0, 0.1) is 0 Å². The third-order valence-electron chi connectivity index (χ3n) is 3.46. The van der Waals surface area contributed by atoms with Gasteiger partial charge in [0.05, 0.1) is 7.11 Å². The molecular formula is C15H20N2O. The summed E-state index contributed by atoms with van der Waals surface area (Å²) in [4.78, 5) is 4.38. The Labute approximate surface area is 115 Å². The van der Waals surface area contributed by atoms with Crippen molar-refractivity contribution >= 4 is 10.9 Å². The van der Waals surface area contributed by atoms with E-state index < -0.39 is 19.4 Å². The van der Waals surface area contributed by atoms with Gasteiger partial charge in [-0.05, 0) is 56.5 Å². The van der Waals surface area contributed by atoms with Crippen LogP contribution in [-0.2, 0) is 6.37 Å². The average Bonchev–Trinajstić information content (AvgIpc) is 3.13. The van der Waals surface area contributed by atoms with E-state index in [1.54, 1.807) is 19.4 Å². The van der Waals surface area contributed by atoms with Crippen molar-refractivity contribution in [2.75, 3.05) is 20.6 Å². The number of methoxy groups -OCH3 is 1. The molecule has 1 atom stereocenters. The Hall–Kier alpha value is -1.48. The molecule has 3 rings (SSSR count). The summed E-state index contributed by atoms with van der Waals surface area (Å²) in [6.45, 7) is -1.88. The standard InChI is InChI=1S/C15H20N2O/c1-17-7-3-4-12(17)8-11-10-16-15-6-5-13(18-2)9-14(11)15/h5-6,9-10,12,16H,3-4,7-8H2,1-2H3/t12-/m0/s1/i1D3,8D2. The first kappa shape index (κ1) is 7.19. The van der Waals surface area contributed by atoms with Crippen molar-refractivity contribution in [3.63, 3.8) is 0 Å². The zero-order valence-corrected chi connectivity index (χ0v) is 10.4. The van der Waals surface area contributed by atoms with Gasteiger partial charge in [-0.25, -0.2) is 0 Å². The smallest absolute Gasteiger partial charge is 0.119 e. The summed E-state index contributed by atoms with van der Waals surface area (Å²) in [6, 6.07) is 4.76. The van der Waals surface area contributed by atoms with Crippen LogP contribution in [-0.4, -0.2) is 36.6 Å². The highest BCUT2D eigenvalue weighted by molar-refractivity contribution is 5.84. The molecule has 0 bridgehead atoms. The Morgan fingerprint density at radius 2 is 2.56 bits per heavy atom. The van der Waals surface area contributed by atoms with Crippen LogP contribution in [0.4, 0.5) is 0 Å². The predicted molar refractivity (Wildman–Crippen MR) is 74.2 cm³/mol. The zero-order chi connectivity index (χ0) is 16.8. The maximum atomic E-state index is 8.62. The lowest BCUT2D eigenvalue weighted by atomic mass is 10.0. The van der Waals surface area contributed by atoms with E-state index in [1.165, 1.54) is 4.90 Å². The Kier molecular flexibility index (Phi) is 1.86. The van der Waals surface area contributed by atoms with Gasteiger partial charge in [0.1, 0.15) is 5.75 Å². The summed E-state index contributed by atoms with van der Waals surface area (Å²) in [5.41, 5.74) is 1.29. The Bertz CT molecular complexity index is 709. The third kappa shape index (κ3) is 1.99. The molecule has 1 saturated heterocycles. The molecular weight excluding hydrogens is 224 g/mol. The summed E-state index contributed by atoms with van der Waals surface area (Å²) < 4.78 is 45.4. The van der Waals surface area contributed by atoms with E-state index in [4.69, 9.17) is 11.6 Å². The lowest BCUT2D eigenvalue weighted by Gasteiger charge is -2.18. The summed E-state index contributed by atoms with van der Waals surface area (Å²) in [6.07, 6.45) is 1.09. The van der Waals surface area contributed by atoms with Crippen LogP contribution in [0.5, 0.6) is 5.75 Å². The molecule has 2 aromatic rings. The number of likely N-dealkylation sites (N-methyl/N-ethyl adjacent to an activating group) is 1. The van der Waals surface area contributed by atoms with Crippen molar-refractivity contribution in [2.45, 2.75) is 25.3 Å². The monoisotopic (exact) mass is 249 g/mol. The first-order valence-electron chi connectivity index (χ1n) is 8.67. The van der Waals surface area contributed by atoms with Gasteiger partial charge < -0.3 is 14.6 Å². The minimum atomic E-state index is -2.28. The molecule has 0 aliphatic carbocycles. The van der Waals surface area contributed by atoms with Crippen molar-refractivity contribution in [2.24, 2.45) is 0 Å². The van der Waals surface area contributed by atoms with Crippen LogP contribution in [0.25, 0.3) is 10.9 Å². The van der Waals surface area contributed by atoms with Crippen LogP contribution in [0.15, 0.2) is 24.4 Å². The molecule has 1 aromatic heterocycles. The number of hydrogen-bond donors (Lipinski definition) is 1. The largest absolute Gasteiger partial charge is 0.497 e. The highest BCUT2D eigenvalue weighted by atomic mass is 16.5. The second-order valence-electron chi connectivity index (χ2n) is 4.61. The maximum absolute atomic E-state index is 8.62. The van der Waals surface area contributed by atoms with Crippen LogP contribution < -0.4 is 4.74 Å². The molecule has 1 aromatic carbocycles. The maximum Gasteiger partial charge on any atom is 0.119 e. The summed E-state index contributed by atoms with van der Waals surface area (Å²) >= 11 is 0. The van der Waals surface area contributed by atoms with E-state index in [2.05, 4.69) is 4.98 Å². The van der Waals surface area contributed by atoms with E-state index in [9.17, 15) is 0 Å². The number of likely N-dealkylation sites (tertiary alicyclic amines) is 1. The Balaban J connectivity index is 2.05. The number of rotatable bonds is 3. The van der Waals surface area contributed by atoms with E-state index >= 15 is 0 Å². The number of nitrogens with zero attached hydrogens (tertiary/aromatic N) is 1. The van der Waals surface area contributed by atoms with Gasteiger partial charge in [0, 0.05) is 30.0 Å². The van der Waals surface area contributed by atoms with Crippen molar-refractivity contribution in [1.82, 2.24) is 9.88 Å². The van der Waals surface area contributed by atoms with Crippen LogP contribution in [0.3, 0.4) is 0 Å². The van der Waals surface area contributed by atoms with Gasteiger partial charge in [-0.15, -0.1) is 0 Å². The van der Waals surface area contributed by atoms with Gasteiger partial charge in [0.2, 0.25) is 0 Å². The average molecular weight is 249 g/mol. The molecule has 3 heteroatoms. The number of aromatic amines is 1. The second kappa shape index (κ2) is 4.65. The van der Waals surface area contributed by atoms with Crippen molar-refractivity contribution in [3.8, 4) is 5.75 Å². The Morgan fingerprint density at radius 1 is 1.61 bits per heavy atom. The van der Waals surface area contributed by atoms with Gasteiger partial charge in [-0.2, -0.15) is 0 Å². The second-order valence-corrected chi connectivity index (χ2v) is 4.61. The van der Waals surface area contributed by atoms with Crippen molar-refractivity contribution in [3.05, 3.63) is 30.0 Å². The first-order valence-corrected chi connectivity index (χ1v) is 6.17. The van der Waals surface area contributed by atoms with Crippen molar-refractivity contribution < 1.29 is 11.6 Å². The first-order chi connectivity index (χ1) is 10.7. The minimum Gasteiger partial charge on any atom is -0.497 e. The molecule has 1 aliphatic heterocycles. The molecule has 0 saturated carbocycles. The van der Waals surface area contributed by atoms with Crippen LogP contribution >= 0.6 is 0 Å². The molecule has 0 radical (unpaired) electrons. The molecule has 1 aliphatic rings. The number of H-pyrrole nitrogens is 1. The van der Waals surface area contributed by atoms with Crippen LogP contribution in [0.1, 0.15) is 25.3 Å². The Morgan fingerprint density at radius 3 is 3.39 bits per heavy atom. The molecule has 2 heterocycles. The molecule has 0 amide bonds. The summed E-state index contributed by atoms with van der Waals surface area (Å²) in [5, 5.41) is 0.728. The fraction of sp³-hybridized carbons (Fsp3) is 0.467. The SMILES string of the molecule is [2H]C([2H])(c1c[nH]c2ccc(OC)cc12)[C@@H]1CCCN1C([2H])([2H])[2H]. The molecule has 1 fully saturated rings. The van der Waals surface area contributed by atoms with E-state index in [1.807, 2.05) is 12.1 Å². The predicted octanol–water partition coefficient (Wildman–Crippen LogP) is 2.81. The van der Waals surface area contributed by atoms with Gasteiger partial charge in [0.15, 0.2) is 0 Å². The lowest BCUT2D eigenvalue weighted by molar-refractivity contribution is 0.310. The zero-order valence-electron chi connectivity index (χ0n) is 15.4. The number of nitrogens with one attached hydrogen (secondary N) is 1. The van der Waals surface area contributed by atoms with E-state index in [-0.39, 0.29) is 0 Å². The third-order valence-corrected chi connectivity index (χ3v) is 3.46. The van der Waals surface area contributed by atoms with E-state index in [0.717, 1.165) is 10.9 Å². The highest BCUT2D eigenvalue weighted by Crippen LogP contribution is 2.27. The van der Waals surface area contributed by atoms with Gasteiger partial charge in [0.25, 0.3) is 0 Å². The fourth-order valence-corrected chi connectivity index (χ4v) is 2.44. The highest BCUT2D eigenvalue weighted by Gasteiger charge is 2.22. The minimum absolute atomic E-state index is 0.395. The molecule has 18 heavy (non-hydrogen) atoms. The van der Waals surface area contributed by atoms with Crippen molar-refractivity contribution in [1.29, 1.82) is 0 Å². The van der Waals surface area contributed by atoms with Gasteiger partial charge in [-0.3, -0.25) is 0 Å². The van der Waals surface area contributed by atoms with Crippen LogP contribution in [0.2, 0.25) is 0 Å². The topological polar surface area (TPSA) is 28.3 Å². The van der Waals surface area contributed by atoms with Gasteiger partial charge >= 0.3 is 0 Å². The lowest BCUT2D eigenvalue weighted by Crippen LogP contribution is -2.26. The molecule has 0 unspecified atom stereocenters. The number of ether oxygens (including phenoxy) is 1. The normalized spacial score (nSPS) is 26.3. The molecule has 1 N–H and O–H groups in total. The molecule has 3 nitrogen and oxygen atoms in total. The number of hydrogen-bond acceptors (Lipinski definition) is 2. The molecule has 96 valence electrons. The van der Waals surface area contributed by atoms with E-state index in [0.29, 0.717) is 30.7 Å². The quantitative estimate of drug-likeness (QED) is 0.906. The summed E-state index contributed by atoms with van der Waals surface area (Å²) in [5.74, 6) is 0.647. The number of fused-ring (bicyclic) bond motifs is 1. The number of aromatic nitrogens is 1.